The van der Waals surface area contributed by atoms with Crippen LogP contribution in [0.1, 0.15) is 166 Å². The van der Waals surface area contributed by atoms with Crippen LogP contribution in [0.15, 0.2) is 164 Å². The van der Waals surface area contributed by atoms with E-state index in [0.29, 0.717) is 144 Å². The zero-order valence-corrected chi connectivity index (χ0v) is 74.8. The Labute approximate surface area is 739 Å². The van der Waals surface area contributed by atoms with E-state index in [9.17, 15) is 38.7 Å². The maximum absolute atomic E-state index is 12.9. The summed E-state index contributed by atoms with van der Waals surface area (Å²) in [6, 6.07) is 28.5. The van der Waals surface area contributed by atoms with E-state index in [1.807, 2.05) is 23.1 Å². The molecule has 0 bridgehead atoms. The number of methoxy groups -OCH3 is 2. The first-order valence-corrected chi connectivity index (χ1v) is 37.6. The van der Waals surface area contributed by atoms with Crippen LogP contribution in [-0.4, -0.2) is 242 Å². The Hall–Kier alpha value is -10.3. The van der Waals surface area contributed by atoms with Crippen LogP contribution in [0.4, 0.5) is 0 Å². The number of carbonyl (C=O) groups excluding carboxylic acids is 6. The fraction of sp³-hybridized carbons (Fsp3) is 0.333. The van der Waals surface area contributed by atoms with Gasteiger partial charge in [-0.15, -0.1) is 0 Å². The van der Waals surface area contributed by atoms with Gasteiger partial charge in [0.05, 0.1) is 103 Å². The van der Waals surface area contributed by atoms with Gasteiger partial charge in [-0.25, -0.2) is 34.3 Å². The van der Waals surface area contributed by atoms with Gasteiger partial charge in [0.25, 0.3) is 17.7 Å². The molecule has 1 saturated heterocycles. The molecule has 0 saturated carbocycles. The van der Waals surface area contributed by atoms with E-state index in [1.165, 1.54) is 63.5 Å². The van der Waals surface area contributed by atoms with Crippen molar-refractivity contribution in [3.8, 4) is 22.7 Å². The summed E-state index contributed by atoms with van der Waals surface area (Å²) in [7, 11) is 7.65. The minimum Gasteiger partial charge on any atom is -1.00 e. The molecule has 1 aliphatic rings. The molecule has 13 rings (SSSR count). The number of aliphatic hydroxyl groups is 1. The number of halogens is 2. The molecule has 12 aromatic rings. The number of amides is 3. The molecular weight excluding hydrogens is 1710 g/mol. The van der Waals surface area contributed by atoms with Crippen LogP contribution in [0.3, 0.4) is 0 Å². The smallest absolute Gasteiger partial charge is 1.00 e. The number of carbonyl (C=O) groups is 7. The zero-order chi connectivity index (χ0) is 81.7. The number of aromatic carboxylic acids is 1. The van der Waals surface area contributed by atoms with Gasteiger partial charge in [-0.3, -0.25) is 19.2 Å². The minimum atomic E-state index is -1.14. The average Bonchev–Trinajstić information content (AvgIpc) is 1.30. The number of benzene rings is 4. The van der Waals surface area contributed by atoms with E-state index < -0.39 is 23.5 Å². The maximum atomic E-state index is 12.9. The fourth-order valence-corrected chi connectivity index (χ4v) is 11.1. The number of nitrogens with zero attached hydrogens (tertiary/aromatic N) is 19. The number of Topliss-reactive ketones (excluding diaryl/α,β-unsaturated/α-hetero) is 1. The molecule has 4 aromatic carbocycles. The summed E-state index contributed by atoms with van der Waals surface area (Å²) >= 11 is 2.15. The molecule has 0 spiro atoms. The predicted molar refractivity (Wildman–Crippen MR) is 428 cm³/mol. The van der Waals surface area contributed by atoms with Gasteiger partial charge in [0.15, 0.2) is 46.4 Å². The van der Waals surface area contributed by atoms with E-state index in [0.717, 1.165) is 13.2 Å². The third-order valence-corrected chi connectivity index (χ3v) is 16.7. The first-order valence-electron chi connectivity index (χ1n) is 35.4. The van der Waals surface area contributed by atoms with E-state index in [4.69, 9.17) is 27.5 Å². The average molecular weight is 1810 g/mol. The topological polar surface area (TPSA) is 424 Å². The van der Waals surface area contributed by atoms with Gasteiger partial charge in [0.1, 0.15) is 34.3 Å². The maximum Gasteiger partial charge on any atom is 2.00 e. The number of carboxylic acids is 1. The van der Waals surface area contributed by atoms with Crippen molar-refractivity contribution < 1.29 is 124 Å². The largest absolute Gasteiger partial charge is 2.00 e. The first-order chi connectivity index (χ1) is 54.3. The number of ketones is 1. The number of carboxylic acid groups (broad SMARTS) is 1. The number of alkyl halides is 1. The van der Waals surface area contributed by atoms with Crippen molar-refractivity contribution in [1.29, 1.82) is 0 Å². The predicted octanol–water partition coefficient (Wildman–Crippen LogP) is 3.94. The molecule has 1 aliphatic heterocycles. The molecule has 117 heavy (non-hydrogen) atoms. The third kappa shape index (κ3) is 27.9. The van der Waals surface area contributed by atoms with Crippen molar-refractivity contribution in [1.82, 2.24) is 94.6 Å². The van der Waals surface area contributed by atoms with Crippen LogP contribution in [0.5, 0.6) is 0 Å². The Bertz CT molecular complexity index is 5090. The Balaban J connectivity index is 0.000000390. The van der Waals surface area contributed by atoms with Crippen LogP contribution in [0.25, 0.3) is 22.7 Å². The molecule has 8 aromatic heterocycles. The molecule has 2 N–H and O–H groups in total. The van der Waals surface area contributed by atoms with Gasteiger partial charge in [-0.05, 0) is 114 Å². The van der Waals surface area contributed by atoms with Crippen LogP contribution in [0.2, 0.25) is 0 Å². The number of esters is 2. The summed E-state index contributed by atoms with van der Waals surface area (Å²) in [6.07, 6.45) is 17.4. The van der Waals surface area contributed by atoms with Crippen molar-refractivity contribution in [3.05, 3.63) is 246 Å². The van der Waals surface area contributed by atoms with Gasteiger partial charge in [0.2, 0.25) is 0 Å². The van der Waals surface area contributed by atoms with Crippen molar-refractivity contribution >= 4 is 87.1 Å². The molecule has 0 radical (unpaired) electrons. The van der Waals surface area contributed by atoms with E-state index >= 15 is 0 Å². The van der Waals surface area contributed by atoms with Crippen LogP contribution in [-0.2, 0) is 45.5 Å². The number of oxazole rings is 4. The normalized spacial score (nSPS) is 11.0. The van der Waals surface area contributed by atoms with Gasteiger partial charge < -0.3 is 82.6 Å². The second-order valence-corrected chi connectivity index (χ2v) is 25.3. The monoisotopic (exact) mass is 1800 g/mol. The molecular formula is C78H92BrIMgN19NaO16. The van der Waals surface area contributed by atoms with Gasteiger partial charge >= 0.3 is 70.5 Å². The minimum absolute atomic E-state index is 0. The Morgan fingerprint density at radius 3 is 1.04 bits per heavy atom. The van der Waals surface area contributed by atoms with Crippen LogP contribution in [0, 0.1) is 35.1 Å². The fourth-order valence-electron chi connectivity index (χ4n) is 11.1. The number of aryl methyl sites for hydroxylation is 5. The first kappa shape index (κ1) is 99.0. The van der Waals surface area contributed by atoms with E-state index in [2.05, 4.69) is 92.8 Å². The summed E-state index contributed by atoms with van der Waals surface area (Å²) in [5.41, 5.74) is 4.11. The van der Waals surface area contributed by atoms with Crippen LogP contribution >= 0.6 is 22.6 Å². The van der Waals surface area contributed by atoms with Crippen molar-refractivity contribution in [2.75, 3.05) is 73.1 Å². The molecule has 0 aliphatic carbocycles. The molecule has 1 fully saturated rings. The molecule has 0 atom stereocenters. The Morgan fingerprint density at radius 2 is 0.752 bits per heavy atom. The van der Waals surface area contributed by atoms with Crippen molar-refractivity contribution in [2.24, 2.45) is 0 Å². The Morgan fingerprint density at radius 1 is 0.470 bits per heavy atom. The summed E-state index contributed by atoms with van der Waals surface area (Å²) in [5, 5.41) is 51.8. The Kier molecular flexibility index (Phi) is 41.5. The molecule has 39 heteroatoms. The molecule has 3 amide bonds. The number of aromatic nitrogens is 16. The summed E-state index contributed by atoms with van der Waals surface area (Å²) < 4.78 is 36.2. The van der Waals surface area contributed by atoms with Crippen LogP contribution < -0.4 is 46.5 Å². The summed E-state index contributed by atoms with van der Waals surface area (Å²) in [5.74, 6) is 0.416. The van der Waals surface area contributed by atoms with Gasteiger partial charge in [-0.1, -0.05) is 71.1 Å². The van der Waals surface area contributed by atoms with E-state index in [1.54, 1.807) is 189 Å². The van der Waals surface area contributed by atoms with Crippen molar-refractivity contribution in [2.45, 2.75) is 98.5 Å². The summed E-state index contributed by atoms with van der Waals surface area (Å²) in [6.45, 7) is 13.0. The number of hydrogen-bond donors (Lipinski definition) is 2. The number of para-hydroxylation sites is 4. The second kappa shape index (κ2) is 49.0. The SMILES string of the molecule is C1CCOC1.CI.COC(=O)c1nc(CCCC(=O)c2ccccc2-n2nccn2)oc1C.COC(=O)c1nc(CCN(C)C(=O)c2ccccc2-n2nccn2)oc1C.Cc1oc(CCN(C)C(=O)c2ccccc2-n2nccn2)nc1C(=O)O.Cc1oc(CCN(C)C(=O)c2ccccc2-n2nccn2)nc1C(C)(C)O.[Br-].[CH3-].[H-].[Mg+2].[Na+]. The molecule has 35 nitrogen and oxygen atoms in total. The zero-order valence-electron chi connectivity index (χ0n) is 68.6. The number of ether oxygens (including phenoxy) is 3. The standard InChI is InChI=1S/C19H23N5O3.C18H19N5O4.C18H18N4O4.C17H17N5O4.C4H8O.CH3I.CH3.BrH.Mg.Na.H/c1-13-17(19(2,3)26)22-16(27-13)9-12-23(4)18(25)14-7-5-6-8-15(14)24-20-10-11-21-24;1-12-16(18(25)26-3)21-15(27-12)8-11-22(2)17(24)13-6-4-5-7-14(13)23-19-9-10-20-23;1-12-17(18(24)25-2)21-16(26-12)9-5-8-15(23)13-6-3-4-7-14(13)22-19-10-11-20-22;1-11-15(17(24)25)20-14(26-11)7-10-21(2)16(23)12-5-3-4-6-13(12)22-18-8-9-19-22;1-2-4-5-3-1;1-2;;;;;/h5-8,10-11,26H,9,12H2,1-4H3;4-7,9-10H,8,11H2,1-3H3;3-4,6-7,10-11H,5,8-9H2,1-2H3;3-6,8-9H,7,10H2,1-2H3,(H,24,25);1-4H2;1H3;1H3;1H;;;/q;;;;;;-1;;+2;+1;-1/p-1. The van der Waals surface area contributed by atoms with Gasteiger partial charge in [0, 0.05) is 91.7 Å². The molecule has 0 unspecified atom stereocenters. The van der Waals surface area contributed by atoms with Gasteiger partial charge in [-0.2, -0.15) is 60.0 Å². The second-order valence-electron chi connectivity index (χ2n) is 25.3. The quantitative estimate of drug-likeness (QED) is 0.0204. The number of likely N-dealkylation sites (N-methyl/N-ethyl adjacent to an activating group) is 3. The number of hydrogen-bond acceptors (Lipinski definition) is 27. The van der Waals surface area contributed by atoms with E-state index in [-0.39, 0.29) is 131 Å². The number of rotatable bonds is 25. The third-order valence-electron chi connectivity index (χ3n) is 16.7. The summed E-state index contributed by atoms with van der Waals surface area (Å²) in [4.78, 5) is 114. The molecule has 612 valence electrons. The van der Waals surface area contributed by atoms with Crippen molar-refractivity contribution in [3.63, 3.8) is 0 Å². The molecule has 9 heterocycles.